The van der Waals surface area contributed by atoms with Crippen molar-refractivity contribution >= 4 is 0 Å². The van der Waals surface area contributed by atoms with E-state index in [1.807, 2.05) is 6.92 Å². The van der Waals surface area contributed by atoms with Crippen LogP contribution in [0.2, 0.25) is 0 Å². The summed E-state index contributed by atoms with van der Waals surface area (Å²) >= 11 is 0. The third kappa shape index (κ3) is 3.74. The molecule has 1 aliphatic heterocycles. The molecule has 1 aromatic carbocycles. The fraction of sp³-hybridized carbons (Fsp3) is 0.600. The Morgan fingerprint density at radius 2 is 1.89 bits per heavy atom. The molecule has 0 aromatic heterocycles. The van der Waals surface area contributed by atoms with Gasteiger partial charge in [-0.05, 0) is 43.9 Å². The molecule has 4 heteroatoms. The zero-order valence-corrected chi connectivity index (χ0v) is 11.3. The molecule has 1 heterocycles. The number of ether oxygens (including phenoxy) is 1. The molecule has 1 aromatic rings. The number of nitrogens with one attached hydrogen (secondary N) is 1. The van der Waals surface area contributed by atoms with Crippen molar-refractivity contribution < 1.29 is 13.5 Å². The van der Waals surface area contributed by atoms with Crippen molar-refractivity contribution in [3.8, 4) is 0 Å². The van der Waals surface area contributed by atoms with Crippen molar-refractivity contribution in [1.82, 2.24) is 5.32 Å². The van der Waals surface area contributed by atoms with E-state index in [9.17, 15) is 8.78 Å². The lowest BCUT2D eigenvalue weighted by atomic mass is 9.87. The van der Waals surface area contributed by atoms with Gasteiger partial charge in [0, 0.05) is 24.8 Å². The van der Waals surface area contributed by atoms with Crippen molar-refractivity contribution in [2.75, 3.05) is 19.8 Å². The molecular formula is C15H21F2NO. The molecule has 1 saturated heterocycles. The van der Waals surface area contributed by atoms with Crippen LogP contribution in [0.1, 0.15) is 25.3 Å². The van der Waals surface area contributed by atoms with Crippen molar-refractivity contribution in [3.05, 3.63) is 35.4 Å². The van der Waals surface area contributed by atoms with Gasteiger partial charge in [-0.2, -0.15) is 0 Å². The second-order valence-electron chi connectivity index (χ2n) is 5.02. The van der Waals surface area contributed by atoms with Crippen molar-refractivity contribution in [2.45, 2.75) is 32.2 Å². The quantitative estimate of drug-likeness (QED) is 0.887. The van der Waals surface area contributed by atoms with Crippen LogP contribution in [-0.4, -0.2) is 25.8 Å². The monoisotopic (exact) mass is 269 g/mol. The smallest absolute Gasteiger partial charge is 0.129 e. The first-order valence-corrected chi connectivity index (χ1v) is 6.96. The molecule has 0 aliphatic carbocycles. The van der Waals surface area contributed by atoms with Gasteiger partial charge in [0.1, 0.15) is 11.6 Å². The zero-order valence-electron chi connectivity index (χ0n) is 11.3. The third-order valence-corrected chi connectivity index (χ3v) is 3.79. The summed E-state index contributed by atoms with van der Waals surface area (Å²) in [6, 6.07) is 4.17. The van der Waals surface area contributed by atoms with E-state index >= 15 is 0 Å². The molecule has 0 bridgehead atoms. The van der Waals surface area contributed by atoms with Crippen LogP contribution in [0.5, 0.6) is 0 Å². The average molecular weight is 269 g/mol. The Balaban J connectivity index is 2.11. The molecule has 2 nitrogen and oxygen atoms in total. The lowest BCUT2D eigenvalue weighted by Crippen LogP contribution is -2.41. The van der Waals surface area contributed by atoms with Crippen LogP contribution in [-0.2, 0) is 11.2 Å². The summed E-state index contributed by atoms with van der Waals surface area (Å²) in [5, 5.41) is 3.37. The van der Waals surface area contributed by atoms with E-state index in [-0.39, 0.29) is 11.6 Å². The molecule has 1 aliphatic rings. The van der Waals surface area contributed by atoms with Gasteiger partial charge in [-0.1, -0.05) is 13.0 Å². The summed E-state index contributed by atoms with van der Waals surface area (Å²) in [5.41, 5.74) is 0.194. The predicted octanol–water partition coefficient (Wildman–Crippen LogP) is 2.91. The van der Waals surface area contributed by atoms with Crippen molar-refractivity contribution in [3.63, 3.8) is 0 Å². The Kier molecular flexibility index (Phi) is 5.28. The summed E-state index contributed by atoms with van der Waals surface area (Å²) in [5.74, 6) is -0.474. The molecule has 106 valence electrons. The summed E-state index contributed by atoms with van der Waals surface area (Å²) in [6.07, 6.45) is 2.30. The van der Waals surface area contributed by atoms with Crippen LogP contribution in [0.25, 0.3) is 0 Å². The van der Waals surface area contributed by atoms with E-state index in [1.165, 1.54) is 18.2 Å². The van der Waals surface area contributed by atoms with E-state index in [0.717, 1.165) is 32.6 Å². The lowest BCUT2D eigenvalue weighted by Gasteiger charge is -2.31. The van der Waals surface area contributed by atoms with Crippen LogP contribution >= 0.6 is 0 Å². The normalized spacial score (nSPS) is 18.5. The molecule has 1 N–H and O–H groups in total. The number of benzene rings is 1. The van der Waals surface area contributed by atoms with Crippen LogP contribution < -0.4 is 5.32 Å². The summed E-state index contributed by atoms with van der Waals surface area (Å²) in [4.78, 5) is 0. The highest BCUT2D eigenvalue weighted by atomic mass is 19.1. The zero-order chi connectivity index (χ0) is 13.7. The van der Waals surface area contributed by atoms with E-state index < -0.39 is 11.6 Å². The average Bonchev–Trinajstić information content (AvgIpc) is 2.43. The predicted molar refractivity (Wildman–Crippen MR) is 71.1 cm³/mol. The molecule has 1 fully saturated rings. The Morgan fingerprint density at radius 3 is 2.47 bits per heavy atom. The third-order valence-electron chi connectivity index (χ3n) is 3.79. The number of hydrogen-bond acceptors (Lipinski definition) is 2. The molecule has 1 unspecified atom stereocenters. The van der Waals surface area contributed by atoms with Gasteiger partial charge in [0.25, 0.3) is 0 Å². The second-order valence-corrected chi connectivity index (χ2v) is 5.02. The number of halogens is 2. The van der Waals surface area contributed by atoms with Crippen LogP contribution in [0.3, 0.4) is 0 Å². The van der Waals surface area contributed by atoms with Crippen LogP contribution in [0, 0.1) is 17.6 Å². The topological polar surface area (TPSA) is 21.3 Å². The van der Waals surface area contributed by atoms with Gasteiger partial charge in [0.05, 0.1) is 0 Å². The fourth-order valence-electron chi connectivity index (χ4n) is 2.73. The molecule has 0 spiro atoms. The molecule has 0 radical (unpaired) electrons. The summed E-state index contributed by atoms with van der Waals surface area (Å²) in [7, 11) is 0. The maximum Gasteiger partial charge on any atom is 0.129 e. The van der Waals surface area contributed by atoms with Gasteiger partial charge in [-0.25, -0.2) is 8.78 Å². The standard InChI is InChI=1S/C15H21F2NO/c1-2-18-15(11-6-8-19-9-7-11)10-12-13(16)4-3-5-14(12)17/h3-5,11,15,18H,2,6-10H2,1H3. The van der Waals surface area contributed by atoms with Crippen molar-refractivity contribution in [1.29, 1.82) is 0 Å². The minimum absolute atomic E-state index is 0.111. The highest BCUT2D eigenvalue weighted by Crippen LogP contribution is 2.23. The second kappa shape index (κ2) is 6.96. The lowest BCUT2D eigenvalue weighted by molar-refractivity contribution is 0.0538. The first kappa shape index (κ1) is 14.4. The molecule has 0 saturated carbocycles. The Labute approximate surface area is 113 Å². The number of likely N-dealkylation sites (N-methyl/N-ethyl adjacent to an activating group) is 1. The maximum atomic E-state index is 13.7. The summed E-state index contributed by atoms with van der Waals surface area (Å²) in [6.45, 7) is 4.31. The van der Waals surface area contributed by atoms with Crippen LogP contribution in [0.4, 0.5) is 8.78 Å². The van der Waals surface area contributed by atoms with Crippen LogP contribution in [0.15, 0.2) is 18.2 Å². The van der Waals surface area contributed by atoms with Crippen molar-refractivity contribution in [2.24, 2.45) is 5.92 Å². The van der Waals surface area contributed by atoms with Gasteiger partial charge < -0.3 is 10.1 Å². The van der Waals surface area contributed by atoms with E-state index in [0.29, 0.717) is 12.3 Å². The van der Waals surface area contributed by atoms with E-state index in [1.54, 1.807) is 0 Å². The van der Waals surface area contributed by atoms with Gasteiger partial charge in [0.15, 0.2) is 0 Å². The van der Waals surface area contributed by atoms with Gasteiger partial charge in [-0.15, -0.1) is 0 Å². The Hall–Kier alpha value is -1.00. The van der Waals surface area contributed by atoms with Gasteiger partial charge in [0.2, 0.25) is 0 Å². The maximum absolute atomic E-state index is 13.7. The van der Waals surface area contributed by atoms with E-state index in [4.69, 9.17) is 4.74 Å². The molecule has 2 rings (SSSR count). The molecular weight excluding hydrogens is 248 g/mol. The highest BCUT2D eigenvalue weighted by Gasteiger charge is 2.25. The minimum Gasteiger partial charge on any atom is -0.381 e. The fourth-order valence-corrected chi connectivity index (χ4v) is 2.73. The molecule has 19 heavy (non-hydrogen) atoms. The van der Waals surface area contributed by atoms with E-state index in [2.05, 4.69) is 5.32 Å². The molecule has 1 atom stereocenters. The van der Waals surface area contributed by atoms with Gasteiger partial charge >= 0.3 is 0 Å². The Morgan fingerprint density at radius 1 is 1.26 bits per heavy atom. The molecule has 0 amide bonds. The number of rotatable bonds is 5. The first-order valence-electron chi connectivity index (χ1n) is 6.96. The first-order chi connectivity index (χ1) is 9.22. The SMILES string of the molecule is CCNC(Cc1c(F)cccc1F)C1CCOCC1. The largest absolute Gasteiger partial charge is 0.381 e. The van der Waals surface area contributed by atoms with Gasteiger partial charge in [-0.3, -0.25) is 0 Å². The highest BCUT2D eigenvalue weighted by molar-refractivity contribution is 5.21. The minimum atomic E-state index is -0.449. The number of hydrogen-bond donors (Lipinski definition) is 1. The summed E-state index contributed by atoms with van der Waals surface area (Å²) < 4.78 is 32.8. The Bertz CT molecular complexity index is 385.